The highest BCUT2D eigenvalue weighted by Gasteiger charge is 2.24. The van der Waals surface area contributed by atoms with Crippen LogP contribution in [0.2, 0.25) is 0 Å². The fraction of sp³-hybridized carbons (Fsp3) is 0.909. The highest BCUT2D eigenvalue weighted by Crippen LogP contribution is 2.18. The summed E-state index contributed by atoms with van der Waals surface area (Å²) in [5.41, 5.74) is 0. The van der Waals surface area contributed by atoms with Crippen molar-refractivity contribution >= 4 is 6.03 Å². The highest BCUT2D eigenvalue weighted by molar-refractivity contribution is 5.76. The van der Waals surface area contributed by atoms with Gasteiger partial charge >= 0.3 is 6.03 Å². The fourth-order valence-electron chi connectivity index (χ4n) is 2.52. The van der Waals surface area contributed by atoms with Gasteiger partial charge in [-0.3, -0.25) is 0 Å². The number of amides is 2. The number of hydrogen-bond acceptors (Lipinski definition) is 3. The van der Waals surface area contributed by atoms with E-state index in [2.05, 4.69) is 10.2 Å². The van der Waals surface area contributed by atoms with Gasteiger partial charge in [-0.1, -0.05) is 0 Å². The molecule has 0 radical (unpaired) electrons. The molecule has 0 saturated carbocycles. The van der Waals surface area contributed by atoms with Crippen LogP contribution in [0.25, 0.3) is 0 Å². The van der Waals surface area contributed by atoms with Crippen LogP contribution in [0.4, 0.5) is 4.79 Å². The molecule has 5 nitrogen and oxygen atoms in total. The van der Waals surface area contributed by atoms with E-state index in [4.69, 9.17) is 5.11 Å². The van der Waals surface area contributed by atoms with Crippen LogP contribution in [0.3, 0.4) is 0 Å². The Morgan fingerprint density at radius 3 is 2.94 bits per heavy atom. The number of likely N-dealkylation sites (tertiary alicyclic amines) is 1. The maximum atomic E-state index is 11.3. The second kappa shape index (κ2) is 5.50. The molecule has 0 spiro atoms. The van der Waals surface area contributed by atoms with Crippen molar-refractivity contribution < 1.29 is 9.90 Å². The zero-order chi connectivity index (χ0) is 11.4. The van der Waals surface area contributed by atoms with Crippen LogP contribution in [-0.4, -0.2) is 66.8 Å². The minimum absolute atomic E-state index is 0.0751. The summed E-state index contributed by atoms with van der Waals surface area (Å²) in [6.07, 6.45) is 2.10. The van der Waals surface area contributed by atoms with Gasteiger partial charge in [0, 0.05) is 39.3 Å². The Hall–Kier alpha value is -0.810. The lowest BCUT2D eigenvalue weighted by Gasteiger charge is -2.20. The first kappa shape index (κ1) is 11.7. The normalized spacial score (nSPS) is 26.4. The van der Waals surface area contributed by atoms with Gasteiger partial charge in [-0.2, -0.15) is 0 Å². The summed E-state index contributed by atoms with van der Waals surface area (Å²) in [4.78, 5) is 15.6. The van der Waals surface area contributed by atoms with Crippen LogP contribution in [0.5, 0.6) is 0 Å². The molecular formula is C11H21N3O2. The van der Waals surface area contributed by atoms with Crippen LogP contribution < -0.4 is 5.32 Å². The zero-order valence-electron chi connectivity index (χ0n) is 9.69. The van der Waals surface area contributed by atoms with Crippen molar-refractivity contribution in [2.45, 2.75) is 12.8 Å². The van der Waals surface area contributed by atoms with Gasteiger partial charge in [0.1, 0.15) is 0 Å². The predicted octanol–water partition coefficient (Wildman–Crippen LogP) is -0.284. The Labute approximate surface area is 96.4 Å². The van der Waals surface area contributed by atoms with Crippen LogP contribution in [0, 0.1) is 5.92 Å². The minimum Gasteiger partial charge on any atom is -0.396 e. The Morgan fingerprint density at radius 1 is 1.38 bits per heavy atom. The number of carbonyl (C=O) groups excluding carboxylic acids is 1. The molecule has 2 rings (SSSR count). The van der Waals surface area contributed by atoms with Gasteiger partial charge in [0.05, 0.1) is 0 Å². The van der Waals surface area contributed by atoms with E-state index in [1.807, 2.05) is 4.90 Å². The van der Waals surface area contributed by atoms with Gasteiger partial charge in [0.2, 0.25) is 0 Å². The molecule has 0 aliphatic carbocycles. The fourth-order valence-corrected chi connectivity index (χ4v) is 2.52. The number of aliphatic hydroxyl groups excluding tert-OH is 1. The van der Waals surface area contributed by atoms with E-state index in [1.54, 1.807) is 0 Å². The third kappa shape index (κ3) is 2.86. The van der Waals surface area contributed by atoms with Crippen molar-refractivity contribution in [3.63, 3.8) is 0 Å². The molecule has 0 aromatic carbocycles. The summed E-state index contributed by atoms with van der Waals surface area (Å²) in [5.74, 6) is 0.650. The van der Waals surface area contributed by atoms with Crippen LogP contribution in [0.1, 0.15) is 12.8 Å². The van der Waals surface area contributed by atoms with Crippen molar-refractivity contribution in [3.05, 3.63) is 0 Å². The molecule has 2 aliphatic rings. The molecule has 0 aromatic rings. The quantitative estimate of drug-likeness (QED) is 0.679. The molecule has 2 amide bonds. The van der Waals surface area contributed by atoms with E-state index in [-0.39, 0.29) is 6.03 Å². The van der Waals surface area contributed by atoms with Crippen LogP contribution in [0.15, 0.2) is 0 Å². The van der Waals surface area contributed by atoms with Gasteiger partial charge in [0.25, 0.3) is 0 Å². The first-order chi connectivity index (χ1) is 7.79. The molecular weight excluding hydrogens is 206 g/mol. The molecule has 0 bridgehead atoms. The first-order valence-electron chi connectivity index (χ1n) is 6.15. The van der Waals surface area contributed by atoms with Gasteiger partial charge in [0.15, 0.2) is 0 Å². The Morgan fingerprint density at radius 2 is 2.25 bits per heavy atom. The number of rotatable bonds is 5. The van der Waals surface area contributed by atoms with Crippen molar-refractivity contribution in [1.82, 2.24) is 15.1 Å². The molecule has 16 heavy (non-hydrogen) atoms. The molecule has 1 unspecified atom stereocenters. The number of carbonyl (C=O) groups is 1. The van der Waals surface area contributed by atoms with Crippen molar-refractivity contribution in [2.24, 2.45) is 5.92 Å². The van der Waals surface area contributed by atoms with Crippen molar-refractivity contribution in [2.75, 3.05) is 45.9 Å². The third-order valence-electron chi connectivity index (χ3n) is 3.54. The summed E-state index contributed by atoms with van der Waals surface area (Å²) in [5, 5.41) is 11.7. The summed E-state index contributed by atoms with van der Waals surface area (Å²) >= 11 is 0. The summed E-state index contributed by atoms with van der Waals surface area (Å²) in [6, 6.07) is 0.0751. The lowest BCUT2D eigenvalue weighted by molar-refractivity contribution is 0.206. The van der Waals surface area contributed by atoms with E-state index in [0.29, 0.717) is 12.5 Å². The van der Waals surface area contributed by atoms with Crippen molar-refractivity contribution in [1.29, 1.82) is 0 Å². The van der Waals surface area contributed by atoms with E-state index in [1.165, 1.54) is 6.42 Å². The maximum absolute atomic E-state index is 11.3. The number of nitrogens with one attached hydrogen (secondary N) is 1. The molecule has 2 fully saturated rings. The number of urea groups is 1. The molecule has 2 heterocycles. The van der Waals surface area contributed by atoms with E-state index in [0.717, 1.165) is 45.7 Å². The van der Waals surface area contributed by atoms with Crippen molar-refractivity contribution in [3.8, 4) is 0 Å². The second-order valence-corrected chi connectivity index (χ2v) is 4.69. The topological polar surface area (TPSA) is 55.8 Å². The maximum Gasteiger partial charge on any atom is 0.317 e. The molecule has 2 aliphatic heterocycles. The molecule has 92 valence electrons. The van der Waals surface area contributed by atoms with Gasteiger partial charge in [-0.15, -0.1) is 0 Å². The number of nitrogens with zero attached hydrogens (tertiary/aromatic N) is 2. The Bertz CT molecular complexity index is 247. The van der Waals surface area contributed by atoms with Crippen LogP contribution >= 0.6 is 0 Å². The smallest absolute Gasteiger partial charge is 0.317 e. The van der Waals surface area contributed by atoms with E-state index < -0.39 is 0 Å². The average Bonchev–Trinajstić information content (AvgIpc) is 2.86. The highest BCUT2D eigenvalue weighted by atomic mass is 16.3. The standard InChI is InChI=1S/C11H21N3O2/c15-8-2-10-1-4-13(9-10)6-7-14-5-3-12-11(14)16/h10,15H,1-9H2,(H,12,16). The minimum atomic E-state index is 0.0751. The Kier molecular flexibility index (Phi) is 4.01. The molecule has 2 N–H and O–H groups in total. The van der Waals surface area contributed by atoms with E-state index in [9.17, 15) is 4.79 Å². The molecule has 0 aromatic heterocycles. The van der Waals surface area contributed by atoms with Gasteiger partial charge in [-0.25, -0.2) is 4.79 Å². The molecule has 5 heteroatoms. The van der Waals surface area contributed by atoms with Gasteiger partial charge in [-0.05, 0) is 25.3 Å². The predicted molar refractivity (Wildman–Crippen MR) is 61.2 cm³/mol. The lowest BCUT2D eigenvalue weighted by Crippen LogP contribution is -2.36. The van der Waals surface area contributed by atoms with Crippen LogP contribution in [-0.2, 0) is 0 Å². The zero-order valence-corrected chi connectivity index (χ0v) is 9.69. The summed E-state index contributed by atoms with van der Waals surface area (Å²) in [7, 11) is 0. The summed E-state index contributed by atoms with van der Waals surface area (Å²) in [6.45, 7) is 5.91. The number of hydrogen-bond donors (Lipinski definition) is 2. The largest absolute Gasteiger partial charge is 0.396 e. The molecule has 2 saturated heterocycles. The Balaban J connectivity index is 1.65. The SMILES string of the molecule is O=C1NCCN1CCN1CCC(CCO)C1. The van der Waals surface area contributed by atoms with E-state index >= 15 is 0 Å². The third-order valence-corrected chi connectivity index (χ3v) is 3.54. The first-order valence-corrected chi connectivity index (χ1v) is 6.15. The summed E-state index contributed by atoms with van der Waals surface area (Å²) < 4.78 is 0. The lowest BCUT2D eigenvalue weighted by atomic mass is 10.1. The average molecular weight is 227 g/mol. The van der Waals surface area contributed by atoms with Gasteiger partial charge < -0.3 is 20.2 Å². The monoisotopic (exact) mass is 227 g/mol. The molecule has 1 atom stereocenters. The second-order valence-electron chi connectivity index (χ2n) is 4.69. The number of aliphatic hydroxyl groups is 1.